The van der Waals surface area contributed by atoms with Gasteiger partial charge in [-0.25, -0.2) is 0 Å². The smallest absolute Gasteiger partial charge is 0.150 e. The van der Waals surface area contributed by atoms with E-state index in [0.29, 0.717) is 0 Å². The van der Waals surface area contributed by atoms with Gasteiger partial charge in [-0.05, 0) is 94.6 Å². The van der Waals surface area contributed by atoms with Crippen LogP contribution in [-0.4, -0.2) is 6.29 Å². The standard InChI is InChI=1S/C24H22O/c25-11-12-1-5-16-13(7-12)4-6-17-18(16)9-20-19-10-21(24(17)20)23-15-3-2-14(8-15)22(19)23/h1-7,11,14-15,19-24H,8-10H2. The maximum Gasteiger partial charge on any atom is 0.150 e. The number of allylic oxidation sites excluding steroid dienone is 2. The first-order valence-electron chi connectivity index (χ1n) is 10.0. The largest absolute Gasteiger partial charge is 0.298 e. The fourth-order valence-electron chi connectivity index (χ4n) is 8.18. The molecule has 1 nitrogen and oxygen atoms in total. The Balaban J connectivity index is 1.38. The van der Waals surface area contributed by atoms with E-state index < -0.39 is 0 Å². The molecule has 5 aliphatic carbocycles. The van der Waals surface area contributed by atoms with Crippen LogP contribution < -0.4 is 0 Å². The van der Waals surface area contributed by atoms with Crippen molar-refractivity contribution in [1.29, 1.82) is 0 Å². The maximum atomic E-state index is 11.1. The van der Waals surface area contributed by atoms with Crippen LogP contribution >= 0.6 is 0 Å². The van der Waals surface area contributed by atoms with Gasteiger partial charge in [-0.3, -0.25) is 4.79 Å². The first kappa shape index (κ1) is 13.3. The van der Waals surface area contributed by atoms with Gasteiger partial charge in [0.1, 0.15) is 6.29 Å². The second kappa shape index (κ2) is 4.26. The monoisotopic (exact) mass is 326 g/mol. The summed E-state index contributed by atoms with van der Waals surface area (Å²) < 4.78 is 0. The number of carbonyl (C=O) groups is 1. The zero-order chi connectivity index (χ0) is 16.3. The predicted molar refractivity (Wildman–Crippen MR) is 98.6 cm³/mol. The number of rotatable bonds is 1. The Morgan fingerprint density at radius 3 is 2.56 bits per heavy atom. The Morgan fingerprint density at radius 2 is 1.72 bits per heavy atom. The van der Waals surface area contributed by atoms with E-state index in [9.17, 15) is 4.79 Å². The van der Waals surface area contributed by atoms with Gasteiger partial charge < -0.3 is 0 Å². The van der Waals surface area contributed by atoms with E-state index in [1.165, 1.54) is 30.0 Å². The molecule has 4 bridgehead atoms. The molecule has 3 saturated carbocycles. The third-order valence-electron chi connectivity index (χ3n) is 8.72. The van der Waals surface area contributed by atoms with Crippen molar-refractivity contribution in [3.05, 3.63) is 59.2 Å². The fraction of sp³-hybridized carbons (Fsp3) is 0.458. The molecule has 7 rings (SSSR count). The molecule has 0 aromatic heterocycles. The lowest BCUT2D eigenvalue weighted by molar-refractivity contribution is 0.112. The molecule has 8 atom stereocenters. The molecule has 5 aliphatic rings. The third kappa shape index (κ3) is 1.43. The number of fused-ring (bicyclic) bond motifs is 16. The summed E-state index contributed by atoms with van der Waals surface area (Å²) in [5.41, 5.74) is 4.07. The van der Waals surface area contributed by atoms with Crippen molar-refractivity contribution in [2.75, 3.05) is 0 Å². The van der Waals surface area contributed by atoms with Crippen LogP contribution in [0.3, 0.4) is 0 Å². The molecule has 0 radical (unpaired) electrons. The highest BCUT2D eigenvalue weighted by Crippen LogP contribution is 2.73. The molecule has 8 unspecified atom stereocenters. The van der Waals surface area contributed by atoms with E-state index in [1.807, 2.05) is 6.07 Å². The van der Waals surface area contributed by atoms with E-state index in [0.717, 1.165) is 59.2 Å². The minimum absolute atomic E-state index is 0.794. The van der Waals surface area contributed by atoms with E-state index in [1.54, 1.807) is 11.1 Å². The van der Waals surface area contributed by atoms with Gasteiger partial charge in [-0.15, -0.1) is 0 Å². The topological polar surface area (TPSA) is 17.1 Å². The SMILES string of the molecule is O=Cc1ccc2c3c(ccc2c1)C1C(C3)C2CC1C1C3C=CC(C3)C21. The zero-order valence-electron chi connectivity index (χ0n) is 14.3. The first-order chi connectivity index (χ1) is 12.3. The van der Waals surface area contributed by atoms with E-state index in [2.05, 4.69) is 36.4 Å². The molecular formula is C24H22O. The first-order valence-corrected chi connectivity index (χ1v) is 10.0. The van der Waals surface area contributed by atoms with Gasteiger partial charge in [-0.2, -0.15) is 0 Å². The van der Waals surface area contributed by atoms with Crippen LogP contribution in [0.1, 0.15) is 40.2 Å². The molecule has 25 heavy (non-hydrogen) atoms. The minimum Gasteiger partial charge on any atom is -0.298 e. The molecule has 0 spiro atoms. The summed E-state index contributed by atoms with van der Waals surface area (Å²) in [6.07, 6.45) is 10.3. The lowest BCUT2D eigenvalue weighted by Crippen LogP contribution is -2.34. The molecular weight excluding hydrogens is 304 g/mol. The molecule has 124 valence electrons. The van der Waals surface area contributed by atoms with Gasteiger partial charge in [0, 0.05) is 5.56 Å². The van der Waals surface area contributed by atoms with Crippen molar-refractivity contribution in [3.8, 4) is 0 Å². The van der Waals surface area contributed by atoms with Gasteiger partial charge in [0.15, 0.2) is 0 Å². The lowest BCUT2D eigenvalue weighted by Gasteiger charge is -2.39. The van der Waals surface area contributed by atoms with Gasteiger partial charge in [0.2, 0.25) is 0 Å². The van der Waals surface area contributed by atoms with E-state index >= 15 is 0 Å². The molecule has 0 aliphatic heterocycles. The number of benzene rings is 2. The molecule has 3 fully saturated rings. The molecule has 2 aromatic rings. The van der Waals surface area contributed by atoms with Crippen molar-refractivity contribution in [2.24, 2.45) is 41.4 Å². The number of hydrogen-bond acceptors (Lipinski definition) is 1. The highest BCUT2D eigenvalue weighted by atomic mass is 16.1. The molecule has 0 N–H and O–H groups in total. The van der Waals surface area contributed by atoms with Crippen molar-refractivity contribution < 1.29 is 4.79 Å². The van der Waals surface area contributed by atoms with Gasteiger partial charge >= 0.3 is 0 Å². The summed E-state index contributed by atoms with van der Waals surface area (Å²) in [6, 6.07) is 10.9. The van der Waals surface area contributed by atoms with Crippen molar-refractivity contribution in [3.63, 3.8) is 0 Å². The van der Waals surface area contributed by atoms with Crippen LogP contribution in [0.4, 0.5) is 0 Å². The second-order valence-electron chi connectivity index (χ2n) is 9.29. The number of carbonyl (C=O) groups excluding carboxylic acids is 1. The lowest BCUT2D eigenvalue weighted by atomic mass is 9.65. The Bertz CT molecular complexity index is 969. The highest BCUT2D eigenvalue weighted by Gasteiger charge is 2.65. The Hall–Kier alpha value is -1.89. The molecule has 2 aromatic carbocycles. The van der Waals surface area contributed by atoms with Crippen LogP contribution in [0.15, 0.2) is 42.5 Å². The van der Waals surface area contributed by atoms with Crippen molar-refractivity contribution in [1.82, 2.24) is 0 Å². The van der Waals surface area contributed by atoms with Crippen molar-refractivity contribution in [2.45, 2.75) is 25.2 Å². The molecule has 0 heterocycles. The van der Waals surface area contributed by atoms with Gasteiger partial charge in [-0.1, -0.05) is 36.4 Å². The summed E-state index contributed by atoms with van der Waals surface area (Å²) in [6.45, 7) is 0. The maximum absolute atomic E-state index is 11.1. The number of aldehydes is 1. The molecule has 0 amide bonds. The van der Waals surface area contributed by atoms with Gasteiger partial charge in [0.05, 0.1) is 0 Å². The molecule has 1 heteroatoms. The quantitative estimate of drug-likeness (QED) is 0.410. The normalized spacial score (nSPS) is 44.3. The van der Waals surface area contributed by atoms with E-state index in [4.69, 9.17) is 0 Å². The summed E-state index contributed by atoms with van der Waals surface area (Å²) >= 11 is 0. The molecule has 0 saturated heterocycles. The average molecular weight is 326 g/mol. The fourth-order valence-corrected chi connectivity index (χ4v) is 8.18. The number of hydrogen-bond donors (Lipinski definition) is 0. The average Bonchev–Trinajstić information content (AvgIpc) is 3.42. The van der Waals surface area contributed by atoms with Crippen LogP contribution in [0.25, 0.3) is 10.8 Å². The summed E-state index contributed by atoms with van der Waals surface area (Å²) in [5.74, 6) is 7.41. The van der Waals surface area contributed by atoms with Crippen LogP contribution in [0, 0.1) is 41.4 Å². The Kier molecular flexibility index (Phi) is 2.27. The van der Waals surface area contributed by atoms with Crippen LogP contribution in [0.5, 0.6) is 0 Å². The van der Waals surface area contributed by atoms with Gasteiger partial charge in [0.25, 0.3) is 0 Å². The Morgan fingerprint density at radius 1 is 0.880 bits per heavy atom. The van der Waals surface area contributed by atoms with Crippen LogP contribution in [-0.2, 0) is 6.42 Å². The highest BCUT2D eigenvalue weighted by molar-refractivity contribution is 5.92. The summed E-state index contributed by atoms with van der Waals surface area (Å²) in [4.78, 5) is 11.1. The van der Waals surface area contributed by atoms with Crippen molar-refractivity contribution >= 4 is 17.1 Å². The minimum atomic E-state index is 0.794. The zero-order valence-corrected chi connectivity index (χ0v) is 14.3. The summed E-state index contributed by atoms with van der Waals surface area (Å²) in [5, 5.41) is 2.65. The van der Waals surface area contributed by atoms with Crippen LogP contribution in [0.2, 0.25) is 0 Å². The Labute approximate surface area is 148 Å². The third-order valence-corrected chi connectivity index (χ3v) is 8.72. The van der Waals surface area contributed by atoms with E-state index in [-0.39, 0.29) is 0 Å². The summed E-state index contributed by atoms with van der Waals surface area (Å²) in [7, 11) is 0. The predicted octanol–water partition coefficient (Wildman–Crippen LogP) is 5.00. The second-order valence-corrected chi connectivity index (χ2v) is 9.29.